The van der Waals surface area contributed by atoms with Gasteiger partial charge in [0, 0.05) is 23.1 Å². The van der Waals surface area contributed by atoms with Crippen LogP contribution in [0.25, 0.3) is 0 Å². The molecule has 0 bridgehead atoms. The highest BCUT2D eigenvalue weighted by Crippen LogP contribution is 2.38. The molecular weight excluding hydrogens is 310 g/mol. The van der Waals surface area contributed by atoms with Crippen molar-refractivity contribution in [3.63, 3.8) is 0 Å². The van der Waals surface area contributed by atoms with Crippen molar-refractivity contribution in [2.24, 2.45) is 16.8 Å². The van der Waals surface area contributed by atoms with E-state index in [0.29, 0.717) is 23.2 Å². The van der Waals surface area contributed by atoms with E-state index in [4.69, 9.17) is 11.6 Å². The molecule has 1 aliphatic heterocycles. The first kappa shape index (κ1) is 14.6. The van der Waals surface area contributed by atoms with Gasteiger partial charge in [-0.15, -0.1) is 0 Å². The molecule has 1 saturated carbocycles. The summed E-state index contributed by atoms with van der Waals surface area (Å²) in [4.78, 5) is 17.4. The number of hydrogen-bond acceptors (Lipinski definition) is 3. The monoisotopic (exact) mass is 327 g/mol. The lowest BCUT2D eigenvalue weighted by Gasteiger charge is -2.10. The van der Waals surface area contributed by atoms with Gasteiger partial charge in [-0.05, 0) is 37.5 Å². The van der Waals surface area contributed by atoms with Gasteiger partial charge in [-0.1, -0.05) is 30.2 Å². The van der Waals surface area contributed by atoms with Crippen molar-refractivity contribution >= 4 is 29.3 Å². The molecule has 1 aromatic heterocycles. The maximum absolute atomic E-state index is 12.8. The van der Waals surface area contributed by atoms with Crippen LogP contribution in [0.4, 0.5) is 5.69 Å². The van der Waals surface area contributed by atoms with Crippen molar-refractivity contribution in [3.8, 4) is 0 Å². The zero-order chi connectivity index (χ0) is 16.0. The zero-order valence-corrected chi connectivity index (χ0v) is 13.8. The Balaban J connectivity index is 1.70. The molecule has 23 heavy (non-hydrogen) atoms. The van der Waals surface area contributed by atoms with Crippen molar-refractivity contribution < 1.29 is 4.79 Å². The van der Waals surface area contributed by atoms with Gasteiger partial charge in [0.15, 0.2) is 11.5 Å². The molecule has 1 aromatic carbocycles. The Kier molecular flexibility index (Phi) is 3.57. The molecule has 5 heteroatoms. The highest BCUT2D eigenvalue weighted by molar-refractivity contribution is 6.30. The van der Waals surface area contributed by atoms with E-state index in [1.807, 2.05) is 42.1 Å². The number of ketones is 1. The smallest absolute Gasteiger partial charge is 0.189 e. The van der Waals surface area contributed by atoms with Crippen LogP contribution in [-0.4, -0.2) is 21.8 Å². The quantitative estimate of drug-likeness (QED) is 0.829. The minimum absolute atomic E-state index is 0.0679. The summed E-state index contributed by atoms with van der Waals surface area (Å²) in [7, 11) is 0. The molecular formula is C18H18ClN3O. The average molecular weight is 328 g/mol. The van der Waals surface area contributed by atoms with Crippen molar-refractivity contribution in [3.05, 3.63) is 46.2 Å². The van der Waals surface area contributed by atoms with E-state index in [1.54, 1.807) is 0 Å². The number of fused-ring (bicyclic) bond motifs is 2. The molecule has 1 aliphatic carbocycles. The number of hydrogen-bond donors (Lipinski definition) is 0. The summed E-state index contributed by atoms with van der Waals surface area (Å²) in [5.41, 5.74) is 3.34. The molecule has 2 heterocycles. The molecule has 2 aromatic rings. The van der Waals surface area contributed by atoms with Gasteiger partial charge in [-0.2, -0.15) is 5.10 Å². The van der Waals surface area contributed by atoms with Gasteiger partial charge >= 0.3 is 0 Å². The van der Waals surface area contributed by atoms with Gasteiger partial charge in [-0.25, -0.2) is 0 Å². The number of aliphatic imine (C=N–C) groups is 1. The van der Waals surface area contributed by atoms with Crippen molar-refractivity contribution in [2.75, 3.05) is 0 Å². The van der Waals surface area contributed by atoms with E-state index >= 15 is 0 Å². The summed E-state index contributed by atoms with van der Waals surface area (Å²) in [5, 5.41) is 5.31. The minimum atomic E-state index is 0.0679. The topological polar surface area (TPSA) is 47.2 Å². The van der Waals surface area contributed by atoms with Crippen molar-refractivity contribution in [2.45, 2.75) is 32.7 Å². The average Bonchev–Trinajstić information content (AvgIpc) is 3.10. The summed E-state index contributed by atoms with van der Waals surface area (Å²) in [6.07, 6.45) is 5.10. The van der Waals surface area contributed by atoms with Crippen LogP contribution in [-0.2, 0) is 6.54 Å². The molecule has 4 rings (SSSR count). The molecule has 1 unspecified atom stereocenters. The third-order valence-electron chi connectivity index (χ3n) is 4.96. The number of rotatable bonds is 2. The fourth-order valence-electron chi connectivity index (χ4n) is 3.61. The Morgan fingerprint density at radius 3 is 2.83 bits per heavy atom. The first-order valence-corrected chi connectivity index (χ1v) is 8.41. The summed E-state index contributed by atoms with van der Waals surface area (Å²) < 4.78 is 1.87. The summed E-state index contributed by atoms with van der Waals surface area (Å²) in [6.45, 7) is 2.60. The maximum atomic E-state index is 12.8. The molecule has 0 amide bonds. The standard InChI is InChI=1S/C18H18ClN3O/c1-11-16-17(18(23)15-4-2-3-13(15)9-20-16)21-22(11)10-12-5-7-14(19)8-6-12/h5-9,13,15H,2-4,10H2,1H3/t13-,15?/m0/s1. The number of aromatic nitrogens is 2. The molecule has 0 N–H and O–H groups in total. The lowest BCUT2D eigenvalue weighted by Crippen LogP contribution is -2.19. The molecule has 1 fully saturated rings. The Hall–Kier alpha value is -1.94. The number of carbonyl (C=O) groups is 1. The van der Waals surface area contributed by atoms with E-state index in [1.165, 1.54) is 0 Å². The van der Waals surface area contributed by atoms with E-state index in [0.717, 1.165) is 36.2 Å². The lowest BCUT2D eigenvalue weighted by molar-refractivity contribution is 0.0906. The van der Waals surface area contributed by atoms with Crippen LogP contribution >= 0.6 is 11.6 Å². The van der Waals surface area contributed by atoms with Gasteiger partial charge in [-0.3, -0.25) is 14.5 Å². The van der Waals surface area contributed by atoms with Crippen LogP contribution < -0.4 is 0 Å². The summed E-state index contributed by atoms with van der Waals surface area (Å²) in [6, 6.07) is 7.69. The van der Waals surface area contributed by atoms with Crippen LogP contribution in [0.15, 0.2) is 29.3 Å². The second kappa shape index (κ2) is 5.60. The van der Waals surface area contributed by atoms with Gasteiger partial charge < -0.3 is 0 Å². The first-order valence-electron chi connectivity index (χ1n) is 8.04. The van der Waals surface area contributed by atoms with Crippen molar-refractivity contribution in [1.82, 2.24) is 9.78 Å². The van der Waals surface area contributed by atoms with Crippen LogP contribution in [0.3, 0.4) is 0 Å². The van der Waals surface area contributed by atoms with Crippen LogP contribution in [0.2, 0.25) is 5.02 Å². The second-order valence-corrected chi connectivity index (χ2v) is 6.85. The Morgan fingerprint density at radius 2 is 2.04 bits per heavy atom. The largest absolute Gasteiger partial charge is 0.292 e. The van der Waals surface area contributed by atoms with Gasteiger partial charge in [0.1, 0.15) is 5.69 Å². The summed E-state index contributed by atoms with van der Waals surface area (Å²) in [5.74, 6) is 0.525. The fourth-order valence-corrected chi connectivity index (χ4v) is 3.74. The van der Waals surface area contributed by atoms with E-state index in [9.17, 15) is 4.79 Å². The number of Topliss-reactive ketones (excluding diaryl/α,β-unsaturated/α-hetero) is 1. The third-order valence-corrected chi connectivity index (χ3v) is 5.21. The number of carbonyl (C=O) groups excluding carboxylic acids is 1. The normalized spacial score (nSPS) is 22.8. The molecule has 0 radical (unpaired) electrons. The summed E-state index contributed by atoms with van der Waals surface area (Å²) >= 11 is 5.93. The lowest BCUT2D eigenvalue weighted by atomic mass is 9.92. The SMILES string of the molecule is Cc1c2c(nn1Cc1ccc(Cl)cc1)C(=O)C1CCC[C@H]1C=N2. The predicted molar refractivity (Wildman–Crippen MR) is 90.8 cm³/mol. The number of benzene rings is 1. The molecule has 2 atom stereocenters. The Bertz CT molecular complexity index is 791. The van der Waals surface area contributed by atoms with Crippen LogP contribution in [0.1, 0.15) is 41.0 Å². The van der Waals surface area contributed by atoms with Gasteiger partial charge in [0.25, 0.3) is 0 Å². The van der Waals surface area contributed by atoms with E-state index < -0.39 is 0 Å². The zero-order valence-electron chi connectivity index (χ0n) is 13.0. The molecule has 2 aliphatic rings. The van der Waals surface area contributed by atoms with E-state index in [-0.39, 0.29) is 11.7 Å². The minimum Gasteiger partial charge on any atom is -0.292 e. The highest BCUT2D eigenvalue weighted by atomic mass is 35.5. The predicted octanol–water partition coefficient (Wildman–Crippen LogP) is 4.21. The van der Waals surface area contributed by atoms with Gasteiger partial charge in [0.05, 0.1) is 12.2 Å². The van der Waals surface area contributed by atoms with Crippen LogP contribution in [0, 0.1) is 18.8 Å². The molecule has 0 spiro atoms. The number of nitrogens with zero attached hydrogens (tertiary/aromatic N) is 3. The second-order valence-electron chi connectivity index (χ2n) is 6.41. The maximum Gasteiger partial charge on any atom is 0.189 e. The highest BCUT2D eigenvalue weighted by Gasteiger charge is 2.37. The Labute approximate surface area is 140 Å². The van der Waals surface area contributed by atoms with Crippen LogP contribution in [0.5, 0.6) is 0 Å². The fraction of sp³-hybridized carbons (Fsp3) is 0.389. The first-order chi connectivity index (χ1) is 11.1. The molecule has 4 nitrogen and oxygen atoms in total. The molecule has 118 valence electrons. The van der Waals surface area contributed by atoms with Gasteiger partial charge in [0.2, 0.25) is 0 Å². The molecule has 0 saturated heterocycles. The Morgan fingerprint density at radius 1 is 1.26 bits per heavy atom. The number of halogens is 1. The third kappa shape index (κ3) is 2.51. The van der Waals surface area contributed by atoms with Crippen molar-refractivity contribution in [1.29, 1.82) is 0 Å². The van der Waals surface area contributed by atoms with E-state index in [2.05, 4.69) is 10.1 Å².